The Morgan fingerprint density at radius 2 is 2.21 bits per heavy atom. The number of amides is 1. The van der Waals surface area contributed by atoms with Gasteiger partial charge in [-0.15, -0.1) is 16.9 Å². The Morgan fingerprint density at radius 1 is 1.38 bits per heavy atom. The van der Waals surface area contributed by atoms with E-state index in [2.05, 4.69) is 15.5 Å². The van der Waals surface area contributed by atoms with E-state index in [1.54, 1.807) is 39.5 Å². The summed E-state index contributed by atoms with van der Waals surface area (Å²) in [4.78, 5) is 14.4. The van der Waals surface area contributed by atoms with Crippen LogP contribution in [0.1, 0.15) is 29.8 Å². The van der Waals surface area contributed by atoms with Gasteiger partial charge < -0.3 is 4.90 Å². The molecule has 0 N–H and O–H groups in total. The second kappa shape index (κ2) is 6.72. The zero-order chi connectivity index (χ0) is 16.5. The molecule has 1 unspecified atom stereocenters. The van der Waals surface area contributed by atoms with Gasteiger partial charge in [-0.2, -0.15) is 0 Å². The summed E-state index contributed by atoms with van der Waals surface area (Å²) in [6.07, 6.45) is 2.18. The summed E-state index contributed by atoms with van der Waals surface area (Å²) in [6, 6.07) is 7.04. The Labute approximate surface area is 147 Å². The van der Waals surface area contributed by atoms with Gasteiger partial charge >= 0.3 is 0 Å². The first-order valence-corrected chi connectivity index (χ1v) is 9.83. The molecule has 126 valence electrons. The fraction of sp³-hybridized carbons (Fsp3) is 0.467. The average molecular weight is 365 g/mol. The number of carbonyl (C=O) groups excluding carboxylic acids is 1. The third-order valence-electron chi connectivity index (χ3n) is 4.06. The van der Waals surface area contributed by atoms with E-state index in [-0.39, 0.29) is 22.9 Å². The van der Waals surface area contributed by atoms with Crippen LogP contribution in [0.2, 0.25) is 0 Å². The lowest BCUT2D eigenvalue weighted by Crippen LogP contribution is -2.32. The average Bonchev–Trinajstić information content (AvgIpc) is 3.13. The van der Waals surface area contributed by atoms with Crippen molar-refractivity contribution in [3.05, 3.63) is 35.6 Å². The van der Waals surface area contributed by atoms with Crippen molar-refractivity contribution in [2.75, 3.05) is 18.1 Å². The second-order valence-corrected chi connectivity index (χ2v) is 7.89. The zero-order valence-corrected chi connectivity index (χ0v) is 14.5. The molecule has 24 heavy (non-hydrogen) atoms. The van der Waals surface area contributed by atoms with Crippen molar-refractivity contribution in [2.45, 2.75) is 29.4 Å². The molecule has 2 aliphatic rings. The summed E-state index contributed by atoms with van der Waals surface area (Å²) in [5.74, 6) is 0.803. The number of halogens is 1. The van der Waals surface area contributed by atoms with Gasteiger partial charge in [-0.1, -0.05) is 30.0 Å². The Hall–Kier alpha value is -1.61. The summed E-state index contributed by atoms with van der Waals surface area (Å²) >= 11 is 2.95. The molecule has 1 atom stereocenters. The smallest absolute Gasteiger partial charge is 0.234 e. The SMILES string of the molecule is O=C(CSc1nnnn1C1CC1)N1CCSC1c1ccccc1F. The van der Waals surface area contributed by atoms with Gasteiger partial charge in [-0.05, 0) is 29.3 Å². The molecule has 2 fully saturated rings. The number of carbonyl (C=O) groups is 1. The Morgan fingerprint density at radius 3 is 3.00 bits per heavy atom. The lowest BCUT2D eigenvalue weighted by molar-refractivity contribution is -0.128. The van der Waals surface area contributed by atoms with E-state index < -0.39 is 0 Å². The van der Waals surface area contributed by atoms with Crippen LogP contribution >= 0.6 is 23.5 Å². The summed E-state index contributed by atoms with van der Waals surface area (Å²) in [6.45, 7) is 0.636. The monoisotopic (exact) mass is 365 g/mol. The predicted molar refractivity (Wildman–Crippen MR) is 90.1 cm³/mol. The van der Waals surface area contributed by atoms with Crippen LogP contribution in [0.15, 0.2) is 29.4 Å². The lowest BCUT2D eigenvalue weighted by atomic mass is 10.2. The molecule has 0 radical (unpaired) electrons. The number of nitrogens with zero attached hydrogens (tertiary/aromatic N) is 5. The molecule has 0 bridgehead atoms. The van der Waals surface area contributed by atoms with Crippen molar-refractivity contribution < 1.29 is 9.18 Å². The summed E-state index contributed by atoms with van der Waals surface area (Å²) in [7, 11) is 0. The van der Waals surface area contributed by atoms with E-state index in [0.717, 1.165) is 18.6 Å². The highest BCUT2D eigenvalue weighted by Crippen LogP contribution is 2.40. The number of rotatable bonds is 5. The first-order chi connectivity index (χ1) is 11.7. The predicted octanol–water partition coefficient (Wildman–Crippen LogP) is 2.51. The van der Waals surface area contributed by atoms with E-state index in [0.29, 0.717) is 23.3 Å². The Bertz CT molecular complexity index is 751. The minimum Gasteiger partial charge on any atom is -0.325 e. The van der Waals surface area contributed by atoms with E-state index in [1.807, 2.05) is 0 Å². The normalized spacial score (nSPS) is 20.5. The molecule has 9 heteroatoms. The third kappa shape index (κ3) is 3.14. The van der Waals surface area contributed by atoms with Crippen molar-refractivity contribution in [2.24, 2.45) is 0 Å². The quantitative estimate of drug-likeness (QED) is 0.759. The number of aromatic nitrogens is 4. The molecule has 0 spiro atoms. The van der Waals surface area contributed by atoms with E-state index in [9.17, 15) is 9.18 Å². The van der Waals surface area contributed by atoms with E-state index >= 15 is 0 Å². The maximum absolute atomic E-state index is 14.0. The van der Waals surface area contributed by atoms with Gasteiger partial charge in [0.15, 0.2) is 0 Å². The summed E-state index contributed by atoms with van der Waals surface area (Å²) in [5.41, 5.74) is 0.571. The number of thioether (sulfide) groups is 2. The fourth-order valence-electron chi connectivity index (χ4n) is 2.70. The third-order valence-corrected chi connectivity index (χ3v) is 6.22. The molecule has 2 aromatic rings. The molecule has 1 aromatic carbocycles. The molecule has 6 nitrogen and oxygen atoms in total. The van der Waals surface area contributed by atoms with Crippen molar-refractivity contribution >= 4 is 29.4 Å². The minimum atomic E-state index is -0.264. The maximum atomic E-state index is 14.0. The summed E-state index contributed by atoms with van der Waals surface area (Å²) in [5, 5.41) is 12.1. The highest BCUT2D eigenvalue weighted by molar-refractivity contribution is 8.00. The largest absolute Gasteiger partial charge is 0.325 e. The van der Waals surface area contributed by atoms with Crippen LogP contribution in [0.5, 0.6) is 0 Å². The molecule has 4 rings (SSSR count). The molecule has 1 aromatic heterocycles. The highest BCUT2D eigenvalue weighted by Gasteiger charge is 2.33. The van der Waals surface area contributed by atoms with Crippen molar-refractivity contribution in [1.29, 1.82) is 0 Å². The molecule has 1 aliphatic carbocycles. The molecule has 1 saturated heterocycles. The van der Waals surface area contributed by atoms with Crippen LogP contribution in [0, 0.1) is 5.82 Å². The molecule has 1 saturated carbocycles. The van der Waals surface area contributed by atoms with Crippen LogP contribution in [0.25, 0.3) is 0 Å². The van der Waals surface area contributed by atoms with E-state index in [1.165, 1.54) is 17.8 Å². The fourth-order valence-corrected chi connectivity index (χ4v) is 4.83. The van der Waals surface area contributed by atoms with Crippen LogP contribution < -0.4 is 0 Å². The minimum absolute atomic E-state index is 0.0106. The van der Waals surface area contributed by atoms with Crippen molar-refractivity contribution in [3.8, 4) is 0 Å². The number of benzene rings is 1. The van der Waals surface area contributed by atoms with Gasteiger partial charge in [0.25, 0.3) is 0 Å². The number of tetrazole rings is 1. The Kier molecular flexibility index (Phi) is 4.45. The van der Waals surface area contributed by atoms with Gasteiger partial charge in [-0.25, -0.2) is 9.07 Å². The van der Waals surface area contributed by atoms with Crippen LogP contribution in [-0.2, 0) is 4.79 Å². The first kappa shape index (κ1) is 15.9. The maximum Gasteiger partial charge on any atom is 0.234 e. The summed E-state index contributed by atoms with van der Waals surface area (Å²) < 4.78 is 15.8. The van der Waals surface area contributed by atoms with Crippen LogP contribution in [0.3, 0.4) is 0 Å². The van der Waals surface area contributed by atoms with Crippen molar-refractivity contribution in [3.63, 3.8) is 0 Å². The van der Waals surface area contributed by atoms with Crippen LogP contribution in [0.4, 0.5) is 4.39 Å². The first-order valence-electron chi connectivity index (χ1n) is 7.80. The van der Waals surface area contributed by atoms with Crippen molar-refractivity contribution in [1.82, 2.24) is 25.1 Å². The van der Waals surface area contributed by atoms with Crippen LogP contribution in [-0.4, -0.2) is 49.1 Å². The molecular weight excluding hydrogens is 349 g/mol. The highest BCUT2D eigenvalue weighted by atomic mass is 32.2. The zero-order valence-electron chi connectivity index (χ0n) is 12.8. The van der Waals surface area contributed by atoms with Gasteiger partial charge in [0, 0.05) is 17.9 Å². The molecule has 1 aliphatic heterocycles. The molecular formula is C15H16FN5OS2. The van der Waals surface area contributed by atoms with Gasteiger partial charge in [0.2, 0.25) is 11.1 Å². The lowest BCUT2D eigenvalue weighted by Gasteiger charge is -2.24. The number of hydrogen-bond donors (Lipinski definition) is 0. The second-order valence-electron chi connectivity index (χ2n) is 5.76. The topological polar surface area (TPSA) is 63.9 Å². The standard InChI is InChI=1S/C15H16FN5OS2/c16-12-4-2-1-3-11(12)14-20(7-8-23-14)13(22)9-24-15-17-18-19-21(15)10-5-6-10/h1-4,10,14H,5-9H2. The van der Waals surface area contributed by atoms with Gasteiger partial charge in [0.1, 0.15) is 11.2 Å². The Balaban J connectivity index is 1.43. The van der Waals surface area contributed by atoms with Gasteiger partial charge in [-0.3, -0.25) is 4.79 Å². The molecule has 2 heterocycles. The number of hydrogen-bond acceptors (Lipinski definition) is 6. The van der Waals surface area contributed by atoms with Gasteiger partial charge in [0.05, 0.1) is 11.8 Å². The molecule has 1 amide bonds. The van der Waals surface area contributed by atoms with E-state index in [4.69, 9.17) is 0 Å².